The van der Waals surface area contributed by atoms with Crippen molar-refractivity contribution in [1.82, 2.24) is 0 Å². The number of thiol groups is 1. The minimum absolute atomic E-state index is 0.109. The second kappa shape index (κ2) is 15.3. The van der Waals surface area contributed by atoms with Crippen LogP contribution in [0.25, 0.3) is 0 Å². The fourth-order valence-corrected chi connectivity index (χ4v) is 4.60. The van der Waals surface area contributed by atoms with E-state index in [1.54, 1.807) is 0 Å². The van der Waals surface area contributed by atoms with Gasteiger partial charge in [0.05, 0.1) is 0 Å². The lowest BCUT2D eigenvalue weighted by Gasteiger charge is -2.48. The van der Waals surface area contributed by atoms with E-state index in [4.69, 9.17) is 42.6 Å². The van der Waals surface area contributed by atoms with Crippen molar-refractivity contribution in [2.75, 3.05) is 12.4 Å². The summed E-state index contributed by atoms with van der Waals surface area (Å²) in [6, 6.07) is 0. The first kappa shape index (κ1) is 34.2. The number of ether oxygens (including phenoxy) is 9. The molecule has 2 heterocycles. The molecule has 0 aromatic carbocycles. The van der Waals surface area contributed by atoms with Crippen LogP contribution in [0.5, 0.6) is 0 Å². The molecule has 0 saturated carbocycles. The van der Waals surface area contributed by atoms with Crippen LogP contribution in [-0.2, 0) is 71.4 Å². The molecule has 0 aliphatic carbocycles. The van der Waals surface area contributed by atoms with Gasteiger partial charge in [-0.3, -0.25) is 28.8 Å². The monoisotopic (exact) mass is 610 g/mol. The number of rotatable bonds is 10. The van der Waals surface area contributed by atoms with Crippen molar-refractivity contribution in [3.8, 4) is 0 Å². The molecule has 0 radical (unpaired) electrons. The van der Waals surface area contributed by atoms with Gasteiger partial charge in [0, 0.05) is 47.3 Å². The number of carbonyl (C=O) groups is 6. The Morgan fingerprint density at radius 1 is 0.585 bits per heavy atom. The topological polar surface area (TPSA) is 206 Å². The van der Waals surface area contributed by atoms with Crippen LogP contribution in [0, 0.1) is 0 Å². The molecule has 2 aliphatic heterocycles. The normalized spacial score (nSPS) is 33.1. The van der Waals surface area contributed by atoms with Gasteiger partial charge in [0.25, 0.3) is 0 Å². The molecule has 2 fully saturated rings. The van der Waals surface area contributed by atoms with Gasteiger partial charge in [-0.25, -0.2) is 0 Å². The second-order valence-corrected chi connectivity index (χ2v) is 9.43. The molecule has 0 unspecified atom stereocenters. The third-order valence-corrected chi connectivity index (χ3v) is 5.99. The Morgan fingerprint density at radius 2 is 1.02 bits per heavy atom. The Bertz CT molecular complexity index is 987. The molecule has 2 rings (SSSR count). The summed E-state index contributed by atoms with van der Waals surface area (Å²) in [5.41, 5.74) is 0. The van der Waals surface area contributed by atoms with Crippen LogP contribution in [0.1, 0.15) is 41.5 Å². The summed E-state index contributed by atoms with van der Waals surface area (Å²) in [6.45, 7) is 5.88. The predicted molar refractivity (Wildman–Crippen MR) is 133 cm³/mol. The maximum atomic E-state index is 12.1. The summed E-state index contributed by atoms with van der Waals surface area (Å²) in [5, 5.41) is 10.6. The SMILES string of the molecule is CC(=O)OC[C@H]1O[C@@H](O)[C@H](OC(C)=O)[C@@H](OC(C)=O)[C@@H]1O[C@@H]1O[C@H](CS)[C@H](OC(C)=O)[C@H](OC(C)=O)[C@H]1OC(C)=O. The van der Waals surface area contributed by atoms with Gasteiger partial charge < -0.3 is 47.7 Å². The lowest BCUT2D eigenvalue weighted by molar-refractivity contribution is -0.353. The van der Waals surface area contributed by atoms with E-state index < -0.39 is 104 Å². The van der Waals surface area contributed by atoms with E-state index in [9.17, 15) is 33.9 Å². The maximum Gasteiger partial charge on any atom is 0.303 e. The van der Waals surface area contributed by atoms with Crippen molar-refractivity contribution < 1.29 is 76.5 Å². The zero-order valence-electron chi connectivity index (χ0n) is 23.2. The molecule has 2 aliphatic rings. The van der Waals surface area contributed by atoms with Crippen molar-refractivity contribution in [1.29, 1.82) is 0 Å². The van der Waals surface area contributed by atoms with E-state index in [-0.39, 0.29) is 5.75 Å². The van der Waals surface area contributed by atoms with Crippen LogP contribution in [0.15, 0.2) is 0 Å². The van der Waals surface area contributed by atoms with Gasteiger partial charge in [-0.1, -0.05) is 0 Å². The Balaban J connectivity index is 2.60. The van der Waals surface area contributed by atoms with Gasteiger partial charge in [-0.2, -0.15) is 12.6 Å². The molecule has 0 aromatic rings. The van der Waals surface area contributed by atoms with Crippen molar-refractivity contribution in [3.05, 3.63) is 0 Å². The fourth-order valence-electron chi connectivity index (χ4n) is 4.30. The molecule has 0 amide bonds. The van der Waals surface area contributed by atoms with Gasteiger partial charge in [0.15, 0.2) is 43.1 Å². The molecule has 232 valence electrons. The number of hydrogen-bond acceptors (Lipinski definition) is 17. The minimum atomic E-state index is -1.85. The number of aliphatic hydroxyl groups is 1. The summed E-state index contributed by atoms with van der Waals surface area (Å²) in [5.74, 6) is -5.03. The average Bonchev–Trinajstić information content (AvgIpc) is 2.83. The first-order valence-corrected chi connectivity index (χ1v) is 13.0. The first-order chi connectivity index (χ1) is 19.1. The van der Waals surface area contributed by atoms with Crippen LogP contribution >= 0.6 is 12.6 Å². The Kier molecular flexibility index (Phi) is 12.8. The van der Waals surface area contributed by atoms with Gasteiger partial charge in [-0.05, 0) is 0 Å². The first-order valence-electron chi connectivity index (χ1n) is 12.4. The van der Waals surface area contributed by atoms with Gasteiger partial charge in [0.1, 0.15) is 24.9 Å². The Morgan fingerprint density at radius 3 is 1.49 bits per heavy atom. The Labute approximate surface area is 240 Å². The smallest absolute Gasteiger partial charge is 0.303 e. The molecule has 0 aromatic heterocycles. The summed E-state index contributed by atoms with van der Waals surface area (Å²) in [7, 11) is 0. The average molecular weight is 611 g/mol. The molecule has 17 heteroatoms. The van der Waals surface area contributed by atoms with Crippen LogP contribution in [-0.4, -0.2) is 115 Å². The molecular weight excluding hydrogens is 576 g/mol. The van der Waals surface area contributed by atoms with E-state index in [0.717, 1.165) is 41.5 Å². The predicted octanol–water partition coefficient (Wildman–Crippen LogP) is -1.03. The van der Waals surface area contributed by atoms with Crippen LogP contribution in [0.4, 0.5) is 0 Å². The highest BCUT2D eigenvalue weighted by Crippen LogP contribution is 2.34. The van der Waals surface area contributed by atoms with Crippen molar-refractivity contribution in [2.45, 2.75) is 103 Å². The molecule has 41 heavy (non-hydrogen) atoms. The molecule has 2 saturated heterocycles. The minimum Gasteiger partial charge on any atom is -0.463 e. The quantitative estimate of drug-likeness (QED) is 0.172. The van der Waals surface area contributed by atoms with Crippen molar-refractivity contribution in [2.24, 2.45) is 0 Å². The van der Waals surface area contributed by atoms with E-state index >= 15 is 0 Å². The van der Waals surface area contributed by atoms with Gasteiger partial charge in [0.2, 0.25) is 0 Å². The van der Waals surface area contributed by atoms with Gasteiger partial charge in [-0.15, -0.1) is 0 Å². The number of aliphatic hydroxyl groups excluding tert-OH is 1. The summed E-state index contributed by atoms with van der Waals surface area (Å²) < 4.78 is 49.1. The van der Waals surface area contributed by atoms with Crippen LogP contribution < -0.4 is 0 Å². The van der Waals surface area contributed by atoms with E-state index in [2.05, 4.69) is 12.6 Å². The van der Waals surface area contributed by atoms with E-state index in [1.807, 2.05) is 0 Å². The Hall–Kier alpha value is -2.99. The number of carbonyl (C=O) groups excluding carboxylic acids is 6. The lowest BCUT2D eigenvalue weighted by Crippen LogP contribution is -2.66. The number of hydrogen-bond donors (Lipinski definition) is 2. The van der Waals surface area contributed by atoms with Crippen molar-refractivity contribution in [3.63, 3.8) is 0 Å². The fraction of sp³-hybridized carbons (Fsp3) is 0.750. The molecular formula is C24H34O16S. The molecule has 16 nitrogen and oxygen atoms in total. The summed E-state index contributed by atoms with van der Waals surface area (Å²) in [4.78, 5) is 71.3. The second-order valence-electron chi connectivity index (χ2n) is 9.06. The number of esters is 6. The molecule has 0 bridgehead atoms. The summed E-state index contributed by atoms with van der Waals surface area (Å²) in [6.07, 6.45) is -15.0. The highest BCUT2D eigenvalue weighted by Gasteiger charge is 2.56. The van der Waals surface area contributed by atoms with Crippen molar-refractivity contribution >= 4 is 48.4 Å². The van der Waals surface area contributed by atoms with Gasteiger partial charge >= 0.3 is 35.8 Å². The standard InChI is InChI=1S/C24H34O16S/c1-9(25)32-7-15-17(19(34-11(3)27)21(23(31)38-15)36-13(5)29)40-24-22(37-14(6)30)20(35-12(4)28)18(33-10(2)26)16(8-41)39-24/h15-24,31,41H,7-8H2,1-6H3/t15-,16-,17-,18+,19+,20+,21-,22-,23-,24+/m1/s1. The third kappa shape index (κ3) is 9.81. The summed E-state index contributed by atoms with van der Waals surface area (Å²) >= 11 is 4.22. The van der Waals surface area contributed by atoms with E-state index in [0.29, 0.717) is 0 Å². The molecule has 10 atom stereocenters. The van der Waals surface area contributed by atoms with Crippen LogP contribution in [0.2, 0.25) is 0 Å². The zero-order valence-corrected chi connectivity index (χ0v) is 24.1. The third-order valence-electron chi connectivity index (χ3n) is 5.63. The molecule has 1 N–H and O–H groups in total. The zero-order chi connectivity index (χ0) is 31.0. The highest BCUT2D eigenvalue weighted by atomic mass is 32.1. The van der Waals surface area contributed by atoms with Crippen LogP contribution in [0.3, 0.4) is 0 Å². The maximum absolute atomic E-state index is 12.1. The van der Waals surface area contributed by atoms with E-state index in [1.165, 1.54) is 0 Å². The highest BCUT2D eigenvalue weighted by molar-refractivity contribution is 7.80. The molecule has 0 spiro atoms. The lowest BCUT2D eigenvalue weighted by atomic mass is 9.96. The largest absolute Gasteiger partial charge is 0.463 e.